The number of carbonyl (C=O) groups is 1. The first-order chi connectivity index (χ1) is 14.4. The summed E-state index contributed by atoms with van der Waals surface area (Å²) in [6.45, 7) is 1.88. The lowest BCUT2D eigenvalue weighted by atomic mass is 10.2. The number of anilines is 1. The Morgan fingerprint density at radius 1 is 0.967 bits per heavy atom. The molecule has 0 saturated carbocycles. The smallest absolute Gasteiger partial charge is 0.271 e. The minimum atomic E-state index is -3.70. The van der Waals surface area contributed by atoms with Gasteiger partial charge in [0, 0.05) is 16.8 Å². The molecular formula is C22H21N3O4S. The predicted octanol–water partition coefficient (Wildman–Crippen LogP) is 3.57. The van der Waals surface area contributed by atoms with Crippen molar-refractivity contribution < 1.29 is 17.9 Å². The van der Waals surface area contributed by atoms with E-state index >= 15 is 0 Å². The Labute approximate surface area is 175 Å². The van der Waals surface area contributed by atoms with Crippen LogP contribution in [0.3, 0.4) is 0 Å². The predicted molar refractivity (Wildman–Crippen MR) is 116 cm³/mol. The van der Waals surface area contributed by atoms with E-state index in [4.69, 9.17) is 4.74 Å². The van der Waals surface area contributed by atoms with Crippen LogP contribution in [0.1, 0.15) is 21.5 Å². The molecule has 0 radical (unpaired) electrons. The van der Waals surface area contributed by atoms with Crippen LogP contribution in [-0.4, -0.2) is 27.6 Å². The van der Waals surface area contributed by atoms with E-state index in [1.165, 1.54) is 30.5 Å². The summed E-state index contributed by atoms with van der Waals surface area (Å²) in [6, 6.07) is 19.9. The van der Waals surface area contributed by atoms with E-state index in [0.717, 1.165) is 11.1 Å². The molecule has 154 valence electrons. The first-order valence-corrected chi connectivity index (χ1v) is 10.5. The maximum absolute atomic E-state index is 12.4. The molecule has 0 heterocycles. The summed E-state index contributed by atoms with van der Waals surface area (Å²) in [6.07, 6.45) is 1.49. The SMILES string of the molecule is COc1ccccc1C=NNC(=O)c1ccc(NS(=O)(=O)c2ccc(C)cc2)cc1. The van der Waals surface area contributed by atoms with Crippen molar-refractivity contribution in [2.45, 2.75) is 11.8 Å². The Hall–Kier alpha value is -3.65. The Bertz CT molecular complexity index is 1160. The Morgan fingerprint density at radius 2 is 1.63 bits per heavy atom. The number of benzene rings is 3. The highest BCUT2D eigenvalue weighted by Crippen LogP contribution is 2.17. The van der Waals surface area contributed by atoms with Crippen LogP contribution in [-0.2, 0) is 10.0 Å². The summed E-state index contributed by atoms with van der Waals surface area (Å²) in [7, 11) is -2.15. The van der Waals surface area contributed by atoms with Crippen LogP contribution in [0, 0.1) is 6.92 Å². The fraction of sp³-hybridized carbons (Fsp3) is 0.0909. The molecule has 0 bridgehead atoms. The number of hydrazone groups is 1. The standard InChI is InChI=1S/C22H21N3O4S/c1-16-7-13-20(14-8-16)30(27,28)25-19-11-9-17(10-12-19)22(26)24-23-15-18-5-3-4-6-21(18)29-2/h3-15,25H,1-2H3,(H,24,26). The van der Waals surface area contributed by atoms with Crippen molar-refractivity contribution >= 4 is 27.8 Å². The van der Waals surface area contributed by atoms with E-state index in [9.17, 15) is 13.2 Å². The lowest BCUT2D eigenvalue weighted by Gasteiger charge is -2.09. The lowest BCUT2D eigenvalue weighted by Crippen LogP contribution is -2.18. The topological polar surface area (TPSA) is 96.9 Å². The average molecular weight is 423 g/mol. The maximum atomic E-state index is 12.4. The molecular weight excluding hydrogens is 402 g/mol. The Morgan fingerprint density at radius 3 is 2.30 bits per heavy atom. The molecule has 1 amide bonds. The van der Waals surface area contributed by atoms with Gasteiger partial charge >= 0.3 is 0 Å². The van der Waals surface area contributed by atoms with Gasteiger partial charge in [-0.3, -0.25) is 9.52 Å². The molecule has 0 aliphatic rings. The number of sulfonamides is 1. The molecule has 0 atom stereocenters. The van der Waals surface area contributed by atoms with Gasteiger partial charge in [-0.1, -0.05) is 29.8 Å². The summed E-state index contributed by atoms with van der Waals surface area (Å²) in [5, 5.41) is 3.94. The minimum absolute atomic E-state index is 0.167. The van der Waals surface area contributed by atoms with Crippen LogP contribution in [0.4, 0.5) is 5.69 Å². The second kappa shape index (κ2) is 9.23. The van der Waals surface area contributed by atoms with Gasteiger partial charge in [-0.05, 0) is 55.5 Å². The number of rotatable bonds is 7. The van der Waals surface area contributed by atoms with Crippen LogP contribution >= 0.6 is 0 Å². The van der Waals surface area contributed by atoms with Gasteiger partial charge in [0.2, 0.25) is 0 Å². The molecule has 7 nitrogen and oxygen atoms in total. The maximum Gasteiger partial charge on any atom is 0.271 e. The summed E-state index contributed by atoms with van der Waals surface area (Å²) in [5.74, 6) is 0.217. The molecule has 3 aromatic carbocycles. The molecule has 0 aromatic heterocycles. The van der Waals surface area contributed by atoms with Crippen LogP contribution in [0.25, 0.3) is 0 Å². The van der Waals surface area contributed by atoms with Gasteiger partial charge in [0.05, 0.1) is 18.2 Å². The third-order valence-corrected chi connectivity index (χ3v) is 5.64. The van der Waals surface area contributed by atoms with E-state index in [0.29, 0.717) is 17.0 Å². The van der Waals surface area contributed by atoms with Gasteiger partial charge in [0.25, 0.3) is 15.9 Å². The van der Waals surface area contributed by atoms with Gasteiger partial charge in [-0.2, -0.15) is 5.10 Å². The molecule has 0 aliphatic heterocycles. The highest BCUT2D eigenvalue weighted by molar-refractivity contribution is 7.92. The molecule has 0 fully saturated rings. The first-order valence-electron chi connectivity index (χ1n) is 9.05. The lowest BCUT2D eigenvalue weighted by molar-refractivity contribution is 0.0955. The van der Waals surface area contributed by atoms with Gasteiger partial charge in [-0.15, -0.1) is 0 Å². The van der Waals surface area contributed by atoms with Crippen LogP contribution in [0.15, 0.2) is 82.8 Å². The van der Waals surface area contributed by atoms with Gasteiger partial charge < -0.3 is 4.74 Å². The minimum Gasteiger partial charge on any atom is -0.496 e. The fourth-order valence-electron chi connectivity index (χ4n) is 2.62. The first kappa shape index (κ1) is 21.1. The Kier molecular flexibility index (Phi) is 6.48. The quantitative estimate of drug-likeness (QED) is 0.448. The van der Waals surface area contributed by atoms with Gasteiger partial charge in [0.1, 0.15) is 5.75 Å². The number of amides is 1. The molecule has 0 aliphatic carbocycles. The molecule has 3 rings (SSSR count). The van der Waals surface area contributed by atoms with E-state index in [1.807, 2.05) is 25.1 Å². The molecule has 8 heteroatoms. The number of hydrogen-bond acceptors (Lipinski definition) is 5. The molecule has 0 spiro atoms. The van der Waals surface area contributed by atoms with E-state index in [-0.39, 0.29) is 4.90 Å². The second-order valence-electron chi connectivity index (χ2n) is 6.44. The van der Waals surface area contributed by atoms with Crippen LogP contribution in [0.2, 0.25) is 0 Å². The molecule has 2 N–H and O–H groups in total. The molecule has 30 heavy (non-hydrogen) atoms. The number of hydrogen-bond donors (Lipinski definition) is 2. The number of para-hydroxylation sites is 1. The molecule has 0 unspecified atom stereocenters. The highest BCUT2D eigenvalue weighted by Gasteiger charge is 2.14. The van der Waals surface area contributed by atoms with Crippen LogP contribution < -0.4 is 14.9 Å². The molecule has 3 aromatic rings. The normalized spacial score (nSPS) is 11.3. The van der Waals surface area contributed by atoms with Crippen LogP contribution in [0.5, 0.6) is 5.75 Å². The fourth-order valence-corrected chi connectivity index (χ4v) is 3.68. The monoisotopic (exact) mass is 423 g/mol. The summed E-state index contributed by atoms with van der Waals surface area (Å²) in [5.41, 5.74) is 4.82. The van der Waals surface area contributed by atoms with Crippen molar-refractivity contribution in [3.63, 3.8) is 0 Å². The summed E-state index contributed by atoms with van der Waals surface area (Å²) < 4.78 is 32.6. The number of ether oxygens (including phenoxy) is 1. The number of nitrogens with zero attached hydrogens (tertiary/aromatic N) is 1. The van der Waals surface area contributed by atoms with Crippen molar-refractivity contribution in [2.75, 3.05) is 11.8 Å². The summed E-state index contributed by atoms with van der Waals surface area (Å²) >= 11 is 0. The number of carbonyl (C=O) groups excluding carboxylic acids is 1. The average Bonchev–Trinajstić information content (AvgIpc) is 2.74. The van der Waals surface area contributed by atoms with Crippen molar-refractivity contribution in [3.8, 4) is 5.75 Å². The zero-order chi connectivity index (χ0) is 21.6. The zero-order valence-electron chi connectivity index (χ0n) is 16.5. The van der Waals surface area contributed by atoms with E-state index in [1.54, 1.807) is 37.4 Å². The number of nitrogens with one attached hydrogen (secondary N) is 2. The van der Waals surface area contributed by atoms with Crippen molar-refractivity contribution in [3.05, 3.63) is 89.5 Å². The van der Waals surface area contributed by atoms with Gasteiger partial charge in [0.15, 0.2) is 0 Å². The number of methoxy groups -OCH3 is 1. The van der Waals surface area contributed by atoms with Crippen molar-refractivity contribution in [1.29, 1.82) is 0 Å². The highest BCUT2D eigenvalue weighted by atomic mass is 32.2. The zero-order valence-corrected chi connectivity index (χ0v) is 17.3. The second-order valence-corrected chi connectivity index (χ2v) is 8.12. The summed E-state index contributed by atoms with van der Waals surface area (Å²) in [4.78, 5) is 12.4. The largest absolute Gasteiger partial charge is 0.496 e. The Balaban J connectivity index is 1.64. The molecule has 0 saturated heterocycles. The number of aryl methyl sites for hydroxylation is 1. The third kappa shape index (κ3) is 5.24. The van der Waals surface area contributed by atoms with E-state index in [2.05, 4.69) is 15.2 Å². The van der Waals surface area contributed by atoms with Crippen molar-refractivity contribution in [1.82, 2.24) is 5.43 Å². The third-order valence-electron chi connectivity index (χ3n) is 4.24. The van der Waals surface area contributed by atoms with Crippen molar-refractivity contribution in [2.24, 2.45) is 5.10 Å². The van der Waals surface area contributed by atoms with Gasteiger partial charge in [-0.25, -0.2) is 13.8 Å². The van der Waals surface area contributed by atoms with E-state index < -0.39 is 15.9 Å².